The van der Waals surface area contributed by atoms with Crippen molar-refractivity contribution in [3.8, 4) is 6.01 Å². The summed E-state index contributed by atoms with van der Waals surface area (Å²) in [7, 11) is -16.1. The summed E-state index contributed by atoms with van der Waals surface area (Å²) in [6, 6.07) is 9.81. The van der Waals surface area contributed by atoms with Crippen molar-refractivity contribution in [2.24, 2.45) is 0 Å². The van der Waals surface area contributed by atoms with Gasteiger partial charge < -0.3 is 59.2 Å². The maximum absolute atomic E-state index is 11.7. The van der Waals surface area contributed by atoms with Crippen LogP contribution in [0.2, 0.25) is 0 Å². The Bertz CT molecular complexity index is 1330. The van der Waals surface area contributed by atoms with E-state index in [1.54, 1.807) is 4.57 Å². The average Bonchev–Trinajstić information content (AvgIpc) is 3.15. The first kappa shape index (κ1) is 39.8. The molecule has 1 aromatic carbocycles. The lowest BCUT2D eigenvalue weighted by Gasteiger charge is -2.16. The second-order valence-electron chi connectivity index (χ2n) is 7.22. The Morgan fingerprint density at radius 1 is 0.850 bits per heavy atom. The van der Waals surface area contributed by atoms with Crippen LogP contribution in [0.5, 0.6) is 6.01 Å². The normalized spacial score (nSPS) is 13.9. The number of aryl methyl sites for hydroxylation is 1. The number of nitrogens with zero attached hydrogens (tertiary/aromatic N) is 4. The average molecular weight is 635 g/mol. The van der Waals surface area contributed by atoms with E-state index in [1.165, 1.54) is 6.33 Å². The fraction of sp³-hybridized carbons (Fsp3) is 0.353. The number of hydrogen-bond acceptors (Lipinski definition) is 15. The van der Waals surface area contributed by atoms with Crippen LogP contribution in [0, 0.1) is 0 Å². The van der Waals surface area contributed by atoms with E-state index in [2.05, 4.69) is 28.1 Å². The highest BCUT2D eigenvalue weighted by atomic mass is 31.3. The standard InChI is InChI=1S/C17H24N5O11P3.4H3N/c18-15-14-16(21-17(20-15)30-11-8-13-6-2-1-3-7-13)22(12-19-14)9-4-5-10-31-35(26,27)33-36(28,29)32-34(23,24)25;;;;/h1-3,6-7,12H,4-5,8-11H2,(H,26,27)(H,28,29)(H2,18,20,21)(H2,23,24,25);4*1H3. The van der Waals surface area contributed by atoms with Crippen LogP contribution in [0.1, 0.15) is 18.4 Å². The van der Waals surface area contributed by atoms with Crippen LogP contribution >= 0.6 is 23.5 Å². The summed E-state index contributed by atoms with van der Waals surface area (Å²) in [4.78, 5) is 48.3. The Kier molecular flexibility index (Phi) is 16.7. The molecule has 2 heterocycles. The maximum atomic E-state index is 11.7. The summed E-state index contributed by atoms with van der Waals surface area (Å²) >= 11 is 0. The lowest BCUT2D eigenvalue weighted by atomic mass is 10.2. The number of unbranched alkanes of at least 4 members (excludes halogenated alkanes) is 1. The van der Waals surface area contributed by atoms with E-state index >= 15 is 0 Å². The molecule has 3 aromatic rings. The molecule has 18 N–H and O–H groups in total. The van der Waals surface area contributed by atoms with Crippen molar-refractivity contribution >= 4 is 40.4 Å². The maximum Gasteiger partial charge on any atom is 0.490 e. The molecule has 0 amide bonds. The minimum absolute atomic E-state index is 0. The molecule has 0 saturated carbocycles. The van der Waals surface area contributed by atoms with Crippen LogP contribution in [0.4, 0.5) is 5.82 Å². The number of phosphoric acid groups is 3. The number of fused-ring (bicyclic) bond motifs is 1. The highest BCUT2D eigenvalue weighted by molar-refractivity contribution is 7.66. The number of hydrogen-bond donors (Lipinski definition) is 9. The number of nitrogens with two attached hydrogens (primary N) is 1. The van der Waals surface area contributed by atoms with Crippen LogP contribution in [0.25, 0.3) is 11.2 Å². The van der Waals surface area contributed by atoms with E-state index in [9.17, 15) is 18.6 Å². The molecule has 23 heteroatoms. The van der Waals surface area contributed by atoms with Gasteiger partial charge in [-0.05, 0) is 18.4 Å². The second-order valence-corrected chi connectivity index (χ2v) is 11.6. The Balaban J connectivity index is 0. The van der Waals surface area contributed by atoms with Crippen LogP contribution in [0.15, 0.2) is 36.7 Å². The number of imidazole rings is 1. The minimum atomic E-state index is -5.55. The summed E-state index contributed by atoms with van der Waals surface area (Å²) in [6.45, 7) is 0.293. The molecule has 0 radical (unpaired) electrons. The van der Waals surface area contributed by atoms with Crippen molar-refractivity contribution in [1.29, 1.82) is 0 Å². The molecular weight excluding hydrogens is 599 g/mol. The Morgan fingerprint density at radius 3 is 2.12 bits per heavy atom. The molecule has 0 spiro atoms. The SMILES string of the molecule is N.N.N.N.Nc1nc(OCCc2ccccc2)nc2c1ncn2CCCCOP(=O)(O)OP(=O)(O)OP(=O)(O)O. The topological polar surface area (TPSA) is 379 Å². The van der Waals surface area contributed by atoms with Gasteiger partial charge in [0.25, 0.3) is 0 Å². The van der Waals surface area contributed by atoms with E-state index in [0.29, 0.717) is 37.2 Å². The molecule has 40 heavy (non-hydrogen) atoms. The Morgan fingerprint density at radius 2 is 1.50 bits per heavy atom. The second kappa shape index (κ2) is 16.8. The summed E-state index contributed by atoms with van der Waals surface area (Å²) in [5.41, 5.74) is 7.85. The smallest absolute Gasteiger partial charge is 0.463 e. The lowest BCUT2D eigenvalue weighted by Crippen LogP contribution is -2.07. The van der Waals surface area contributed by atoms with Crippen LogP contribution in [-0.4, -0.2) is 52.3 Å². The molecule has 3 rings (SSSR count). The largest absolute Gasteiger partial charge is 0.490 e. The Labute approximate surface area is 229 Å². The number of phosphoric ester groups is 1. The van der Waals surface area contributed by atoms with Crippen molar-refractivity contribution in [1.82, 2.24) is 44.1 Å². The molecule has 0 fully saturated rings. The van der Waals surface area contributed by atoms with Gasteiger partial charge in [0, 0.05) is 13.0 Å². The van der Waals surface area contributed by atoms with Crippen LogP contribution in [0.3, 0.4) is 0 Å². The molecular formula is C17H36N9O11P3. The van der Waals surface area contributed by atoms with E-state index < -0.39 is 23.5 Å². The van der Waals surface area contributed by atoms with Gasteiger partial charge in [0.1, 0.15) is 5.52 Å². The van der Waals surface area contributed by atoms with Gasteiger partial charge in [0.05, 0.1) is 19.5 Å². The molecule has 2 unspecified atom stereocenters. The van der Waals surface area contributed by atoms with E-state index in [4.69, 9.17) is 25.2 Å². The molecule has 230 valence electrons. The Hall–Kier alpha value is -2.38. The zero-order valence-corrected chi connectivity index (χ0v) is 24.1. The van der Waals surface area contributed by atoms with Gasteiger partial charge in [-0.15, -0.1) is 0 Å². The zero-order valence-electron chi connectivity index (χ0n) is 21.4. The van der Waals surface area contributed by atoms with Crippen LogP contribution < -0.4 is 35.1 Å². The zero-order chi connectivity index (χ0) is 26.4. The van der Waals surface area contributed by atoms with Gasteiger partial charge in [-0.1, -0.05) is 30.3 Å². The van der Waals surface area contributed by atoms with Gasteiger partial charge in [0.15, 0.2) is 11.5 Å². The molecule has 2 atom stereocenters. The first-order valence-electron chi connectivity index (χ1n) is 10.3. The van der Waals surface area contributed by atoms with Crippen LogP contribution in [-0.2, 0) is 39.8 Å². The quantitative estimate of drug-likeness (QED) is 0.0907. The molecule has 0 bridgehead atoms. The minimum Gasteiger partial charge on any atom is -0.463 e. The van der Waals surface area contributed by atoms with Gasteiger partial charge >= 0.3 is 29.5 Å². The first-order chi connectivity index (χ1) is 16.8. The highest BCUT2D eigenvalue weighted by Crippen LogP contribution is 2.66. The molecule has 2 aromatic heterocycles. The summed E-state index contributed by atoms with van der Waals surface area (Å²) in [5, 5.41) is 0. The number of anilines is 1. The summed E-state index contributed by atoms with van der Waals surface area (Å²) in [6.07, 6.45) is 2.71. The van der Waals surface area contributed by atoms with Gasteiger partial charge in [0.2, 0.25) is 0 Å². The number of benzene rings is 1. The van der Waals surface area contributed by atoms with Crippen molar-refractivity contribution in [2.75, 3.05) is 18.9 Å². The summed E-state index contributed by atoms with van der Waals surface area (Å²) < 4.78 is 52.8. The van der Waals surface area contributed by atoms with Crippen molar-refractivity contribution < 1.29 is 51.2 Å². The third-order valence-electron chi connectivity index (χ3n) is 4.40. The van der Waals surface area contributed by atoms with E-state index in [1.807, 2.05) is 30.3 Å². The predicted molar refractivity (Wildman–Crippen MR) is 145 cm³/mol. The van der Waals surface area contributed by atoms with Crippen molar-refractivity contribution in [3.63, 3.8) is 0 Å². The number of ether oxygens (including phenoxy) is 1. The number of rotatable bonds is 14. The highest BCUT2D eigenvalue weighted by Gasteiger charge is 2.40. The molecule has 0 aliphatic rings. The lowest BCUT2D eigenvalue weighted by molar-refractivity contribution is 0.169. The first-order valence-corrected chi connectivity index (χ1v) is 14.8. The summed E-state index contributed by atoms with van der Waals surface area (Å²) in [5.74, 6) is 0.140. The fourth-order valence-electron chi connectivity index (χ4n) is 2.95. The van der Waals surface area contributed by atoms with E-state index in [-0.39, 0.29) is 49.5 Å². The predicted octanol–water partition coefficient (Wildman–Crippen LogP) is 2.80. The number of aromatic nitrogens is 4. The third-order valence-corrected chi connectivity index (χ3v) is 8.23. The van der Waals surface area contributed by atoms with E-state index in [0.717, 1.165) is 5.56 Å². The molecule has 0 aliphatic carbocycles. The van der Waals surface area contributed by atoms with Crippen molar-refractivity contribution in [3.05, 3.63) is 42.2 Å². The monoisotopic (exact) mass is 635 g/mol. The molecule has 0 aliphatic heterocycles. The third kappa shape index (κ3) is 12.9. The van der Waals surface area contributed by atoms with Crippen molar-refractivity contribution in [2.45, 2.75) is 25.8 Å². The van der Waals surface area contributed by atoms with Gasteiger partial charge in [-0.25, -0.2) is 18.7 Å². The van der Waals surface area contributed by atoms with Gasteiger partial charge in [-0.2, -0.15) is 18.6 Å². The number of nitrogen functional groups attached to an aromatic ring is 1. The van der Waals surface area contributed by atoms with Gasteiger partial charge in [-0.3, -0.25) is 4.52 Å². The molecule has 0 saturated heterocycles. The molecule has 20 nitrogen and oxygen atoms in total. The fourth-order valence-corrected chi connectivity index (χ4v) is 6.00.